The van der Waals surface area contributed by atoms with Crippen molar-refractivity contribution in [3.63, 3.8) is 0 Å². The SMILES string of the molecule is Cc1cc(C)c(C(=O)N2CCN(c3ccccc3S(N)(=O)=O)C[C@@H]2C)cc1CN1CCN(c2ccccc2C#N)CC1. The Kier molecular flexibility index (Phi) is 8.55. The number of hydrogen-bond donors (Lipinski definition) is 1. The van der Waals surface area contributed by atoms with Crippen molar-refractivity contribution in [2.24, 2.45) is 5.14 Å². The van der Waals surface area contributed by atoms with E-state index in [1.54, 1.807) is 18.2 Å². The summed E-state index contributed by atoms with van der Waals surface area (Å²) in [5.74, 6) is -0.00133. The largest absolute Gasteiger partial charge is 0.368 e. The van der Waals surface area contributed by atoms with Crippen LogP contribution in [0.4, 0.5) is 11.4 Å². The number of benzene rings is 3. The van der Waals surface area contributed by atoms with E-state index >= 15 is 0 Å². The maximum absolute atomic E-state index is 13.9. The van der Waals surface area contributed by atoms with E-state index in [2.05, 4.69) is 34.9 Å². The monoisotopic (exact) mass is 586 g/mol. The molecule has 0 saturated carbocycles. The van der Waals surface area contributed by atoms with Gasteiger partial charge < -0.3 is 14.7 Å². The number of primary sulfonamides is 1. The predicted molar refractivity (Wildman–Crippen MR) is 165 cm³/mol. The fraction of sp³-hybridized carbons (Fsp3) is 0.375. The number of nitrogens with zero attached hydrogens (tertiary/aromatic N) is 5. The number of hydrogen-bond acceptors (Lipinski definition) is 7. The molecule has 0 spiro atoms. The van der Waals surface area contributed by atoms with Gasteiger partial charge in [0.25, 0.3) is 5.91 Å². The lowest BCUT2D eigenvalue weighted by Gasteiger charge is -2.41. The second-order valence-corrected chi connectivity index (χ2v) is 12.8. The average molecular weight is 587 g/mol. The second kappa shape index (κ2) is 12.1. The van der Waals surface area contributed by atoms with E-state index < -0.39 is 10.0 Å². The second-order valence-electron chi connectivity index (χ2n) is 11.3. The minimum absolute atomic E-state index is 0.00133. The predicted octanol–water partition coefficient (Wildman–Crippen LogP) is 3.50. The van der Waals surface area contributed by atoms with Crippen molar-refractivity contribution in [2.75, 3.05) is 55.6 Å². The van der Waals surface area contributed by atoms with Crippen LogP contribution in [0.1, 0.15) is 39.5 Å². The number of carbonyl (C=O) groups excluding carboxylic acids is 1. The minimum atomic E-state index is -3.86. The molecule has 2 saturated heterocycles. The summed E-state index contributed by atoms with van der Waals surface area (Å²) in [6.07, 6.45) is 0. The van der Waals surface area contributed by atoms with Crippen molar-refractivity contribution >= 4 is 27.3 Å². The minimum Gasteiger partial charge on any atom is -0.368 e. The van der Waals surface area contributed by atoms with Crippen LogP contribution in [0.2, 0.25) is 0 Å². The van der Waals surface area contributed by atoms with Gasteiger partial charge in [0.1, 0.15) is 11.0 Å². The highest BCUT2D eigenvalue weighted by molar-refractivity contribution is 7.89. The standard InChI is InChI=1S/C32H38N6O3S/c1-23-18-24(2)28(19-27(23)22-35-12-14-36(15-13-35)29-9-5-4-8-26(29)20-33)32(39)38-17-16-37(21-25(38)3)30-10-6-7-11-31(30)42(34,40)41/h4-11,18-19,25H,12-17,21-22H2,1-3H3,(H2,34,40,41)/t25-/m0/s1. The van der Waals surface area contributed by atoms with E-state index in [-0.39, 0.29) is 16.8 Å². The van der Waals surface area contributed by atoms with Crippen LogP contribution in [-0.2, 0) is 16.6 Å². The van der Waals surface area contributed by atoms with Gasteiger partial charge in [-0.1, -0.05) is 30.3 Å². The van der Waals surface area contributed by atoms with E-state index in [1.165, 1.54) is 11.6 Å². The van der Waals surface area contributed by atoms with Gasteiger partial charge in [0.2, 0.25) is 10.0 Å². The van der Waals surface area contributed by atoms with Gasteiger partial charge in [-0.05, 0) is 67.8 Å². The summed E-state index contributed by atoms with van der Waals surface area (Å²) < 4.78 is 24.3. The number of nitrogens with two attached hydrogens (primary N) is 1. The van der Waals surface area contributed by atoms with Gasteiger partial charge in [0, 0.05) is 64.0 Å². The molecule has 1 atom stereocenters. The summed E-state index contributed by atoms with van der Waals surface area (Å²) in [7, 11) is -3.86. The van der Waals surface area contributed by atoms with Crippen molar-refractivity contribution in [1.29, 1.82) is 5.26 Å². The van der Waals surface area contributed by atoms with E-state index in [0.717, 1.165) is 49.5 Å². The van der Waals surface area contributed by atoms with Crippen molar-refractivity contribution in [1.82, 2.24) is 9.80 Å². The van der Waals surface area contributed by atoms with Gasteiger partial charge in [-0.25, -0.2) is 13.6 Å². The van der Waals surface area contributed by atoms with Crippen molar-refractivity contribution in [2.45, 2.75) is 38.3 Å². The summed E-state index contributed by atoms with van der Waals surface area (Å²) >= 11 is 0. The molecule has 3 aromatic rings. The summed E-state index contributed by atoms with van der Waals surface area (Å²) in [6, 6.07) is 20.8. The number of anilines is 2. The summed E-state index contributed by atoms with van der Waals surface area (Å²) in [4.78, 5) is 22.5. The number of amides is 1. The fourth-order valence-electron chi connectivity index (χ4n) is 6.12. The van der Waals surface area contributed by atoms with Gasteiger partial charge >= 0.3 is 0 Å². The molecule has 2 heterocycles. The Morgan fingerprint density at radius 1 is 0.905 bits per heavy atom. The molecule has 0 bridgehead atoms. The molecule has 0 radical (unpaired) electrons. The Hall–Kier alpha value is -3.91. The molecule has 5 rings (SSSR count). The highest BCUT2D eigenvalue weighted by atomic mass is 32.2. The zero-order valence-electron chi connectivity index (χ0n) is 24.5. The Morgan fingerprint density at radius 3 is 2.21 bits per heavy atom. The van der Waals surface area contributed by atoms with Gasteiger partial charge in [0.15, 0.2) is 0 Å². The van der Waals surface area contributed by atoms with Gasteiger partial charge in [-0.15, -0.1) is 0 Å². The Balaban J connectivity index is 1.27. The number of para-hydroxylation sites is 2. The molecule has 2 N–H and O–H groups in total. The van der Waals surface area contributed by atoms with Crippen LogP contribution >= 0.6 is 0 Å². The first-order chi connectivity index (χ1) is 20.1. The van der Waals surface area contributed by atoms with Gasteiger partial charge in [-0.2, -0.15) is 5.26 Å². The topological polar surface area (TPSA) is 114 Å². The molecular formula is C32H38N6O3S. The van der Waals surface area contributed by atoms with Gasteiger partial charge in [-0.3, -0.25) is 9.69 Å². The van der Waals surface area contributed by atoms with E-state index in [9.17, 15) is 18.5 Å². The lowest BCUT2D eigenvalue weighted by Crippen LogP contribution is -2.54. The van der Waals surface area contributed by atoms with Crippen LogP contribution in [0.15, 0.2) is 65.6 Å². The maximum atomic E-state index is 13.9. The molecule has 10 heteroatoms. The van der Waals surface area contributed by atoms with Gasteiger partial charge in [0.05, 0.1) is 16.9 Å². The summed E-state index contributed by atoms with van der Waals surface area (Å²) in [6.45, 7) is 11.8. The van der Waals surface area contributed by atoms with Crippen LogP contribution in [-0.4, -0.2) is 76.0 Å². The zero-order valence-corrected chi connectivity index (χ0v) is 25.3. The third kappa shape index (κ3) is 6.14. The molecule has 2 fully saturated rings. The molecule has 1 amide bonds. The molecule has 9 nitrogen and oxygen atoms in total. The first kappa shape index (κ1) is 29.6. The van der Waals surface area contributed by atoms with Crippen LogP contribution in [0, 0.1) is 25.2 Å². The summed E-state index contributed by atoms with van der Waals surface area (Å²) in [5, 5.41) is 15.0. The molecule has 42 heavy (non-hydrogen) atoms. The molecule has 2 aliphatic rings. The lowest BCUT2D eigenvalue weighted by molar-refractivity contribution is 0.0673. The molecule has 2 aliphatic heterocycles. The smallest absolute Gasteiger partial charge is 0.254 e. The van der Waals surface area contributed by atoms with Crippen LogP contribution in [0.25, 0.3) is 0 Å². The highest BCUT2D eigenvalue weighted by Crippen LogP contribution is 2.28. The number of aryl methyl sites for hydroxylation is 2. The van der Waals surface area contributed by atoms with E-state index in [0.29, 0.717) is 36.4 Å². The number of piperazine rings is 2. The number of sulfonamides is 1. The van der Waals surface area contributed by atoms with Crippen molar-refractivity contribution in [3.05, 3.63) is 88.5 Å². The lowest BCUT2D eigenvalue weighted by atomic mass is 9.97. The molecule has 3 aromatic carbocycles. The molecule has 0 unspecified atom stereocenters. The van der Waals surface area contributed by atoms with Crippen molar-refractivity contribution in [3.8, 4) is 6.07 Å². The molecule has 220 valence electrons. The third-order valence-electron chi connectivity index (χ3n) is 8.45. The normalized spacial score (nSPS) is 18.2. The Bertz CT molecular complexity index is 1630. The van der Waals surface area contributed by atoms with Crippen LogP contribution < -0.4 is 14.9 Å². The zero-order chi connectivity index (χ0) is 30.0. The first-order valence-corrected chi connectivity index (χ1v) is 15.9. The van der Waals surface area contributed by atoms with E-state index in [1.807, 2.05) is 47.9 Å². The fourth-order valence-corrected chi connectivity index (χ4v) is 6.88. The Morgan fingerprint density at radius 2 is 1.55 bits per heavy atom. The Labute approximate surface area is 248 Å². The number of carbonyl (C=O) groups is 1. The summed E-state index contributed by atoms with van der Waals surface area (Å²) in [5.41, 5.74) is 6.23. The molecular weight excluding hydrogens is 548 g/mol. The molecule has 0 aliphatic carbocycles. The number of rotatable bonds is 6. The van der Waals surface area contributed by atoms with Crippen molar-refractivity contribution < 1.29 is 13.2 Å². The van der Waals surface area contributed by atoms with Crippen LogP contribution in [0.3, 0.4) is 0 Å². The van der Waals surface area contributed by atoms with Crippen LogP contribution in [0.5, 0.6) is 0 Å². The maximum Gasteiger partial charge on any atom is 0.254 e. The first-order valence-electron chi connectivity index (χ1n) is 14.3. The quantitative estimate of drug-likeness (QED) is 0.470. The third-order valence-corrected chi connectivity index (χ3v) is 9.40. The van der Waals surface area contributed by atoms with E-state index in [4.69, 9.17) is 5.14 Å². The average Bonchev–Trinajstić information content (AvgIpc) is 2.98. The molecule has 0 aromatic heterocycles. The number of nitriles is 1. The highest BCUT2D eigenvalue weighted by Gasteiger charge is 2.31.